The van der Waals surface area contributed by atoms with E-state index in [0.29, 0.717) is 18.3 Å². The van der Waals surface area contributed by atoms with Crippen LogP contribution in [0.1, 0.15) is 66.7 Å². The molecule has 148 valence electrons. The van der Waals surface area contributed by atoms with E-state index in [9.17, 15) is 15.3 Å². The third-order valence-corrected chi connectivity index (χ3v) is 7.95. The van der Waals surface area contributed by atoms with E-state index in [1.807, 2.05) is 6.08 Å². The number of nitrogens with one attached hydrogen (secondary N) is 1. The average Bonchev–Trinajstić information content (AvgIpc) is 2.57. The minimum atomic E-state index is -0.471. The first kappa shape index (κ1) is 19.8. The van der Waals surface area contributed by atoms with Gasteiger partial charge in [0.15, 0.2) is 0 Å². The molecular formula is C22H37NO3. The summed E-state index contributed by atoms with van der Waals surface area (Å²) in [7, 11) is 0. The molecule has 1 saturated carbocycles. The molecule has 0 aromatic carbocycles. The van der Waals surface area contributed by atoms with Gasteiger partial charge in [-0.3, -0.25) is 5.32 Å². The fourth-order valence-corrected chi connectivity index (χ4v) is 6.55. The van der Waals surface area contributed by atoms with Crippen LogP contribution >= 0.6 is 0 Å². The van der Waals surface area contributed by atoms with Gasteiger partial charge in [-0.1, -0.05) is 34.6 Å². The molecule has 0 amide bonds. The zero-order chi connectivity index (χ0) is 19.3. The average molecular weight is 364 g/mol. The van der Waals surface area contributed by atoms with E-state index in [1.165, 1.54) is 6.08 Å². The van der Waals surface area contributed by atoms with E-state index < -0.39 is 6.23 Å². The first-order valence-corrected chi connectivity index (χ1v) is 10.2. The van der Waals surface area contributed by atoms with Gasteiger partial charge in [0, 0.05) is 17.9 Å². The van der Waals surface area contributed by atoms with E-state index >= 15 is 0 Å². The third kappa shape index (κ3) is 3.31. The van der Waals surface area contributed by atoms with Crippen LogP contribution in [0.5, 0.6) is 0 Å². The van der Waals surface area contributed by atoms with Crippen LogP contribution in [0.4, 0.5) is 0 Å². The fourth-order valence-electron chi connectivity index (χ4n) is 6.55. The molecule has 4 heteroatoms. The zero-order valence-corrected chi connectivity index (χ0v) is 17.0. The summed E-state index contributed by atoms with van der Waals surface area (Å²) in [4.78, 5) is 0. The monoisotopic (exact) mass is 363 g/mol. The lowest BCUT2D eigenvalue weighted by atomic mass is 9.45. The minimum Gasteiger partial charge on any atom is -0.512 e. The molecule has 1 aliphatic heterocycles. The molecule has 0 bridgehead atoms. The standard InChI is InChI=1S/C22H37NO3/c1-20(2)7-6-17-21(3,4)19(26)23-9-8-22(17,5)18(20)12-14-10-15(24)13-16(25)11-14/h10,13-14,17-19,23-26H,6-9,11-12H2,1-5H3/t14?,17?,18-,19?,22-/m0/s1. The van der Waals surface area contributed by atoms with Gasteiger partial charge in [0.25, 0.3) is 0 Å². The van der Waals surface area contributed by atoms with E-state index in [-0.39, 0.29) is 33.7 Å². The topological polar surface area (TPSA) is 72.7 Å². The van der Waals surface area contributed by atoms with Gasteiger partial charge in [-0.25, -0.2) is 0 Å². The maximum Gasteiger partial charge on any atom is 0.115 e. The molecular weight excluding hydrogens is 326 g/mol. The lowest BCUT2D eigenvalue weighted by Crippen LogP contribution is -2.54. The Bertz CT molecular complexity index is 607. The van der Waals surface area contributed by atoms with Crippen molar-refractivity contribution in [3.05, 3.63) is 23.7 Å². The van der Waals surface area contributed by atoms with Crippen LogP contribution in [0.25, 0.3) is 0 Å². The van der Waals surface area contributed by atoms with Crippen molar-refractivity contribution in [3.8, 4) is 0 Å². The van der Waals surface area contributed by atoms with Crippen LogP contribution in [0.15, 0.2) is 23.7 Å². The predicted molar refractivity (Wildman–Crippen MR) is 105 cm³/mol. The van der Waals surface area contributed by atoms with Crippen molar-refractivity contribution in [2.45, 2.75) is 73.0 Å². The molecule has 2 fully saturated rings. The molecule has 3 aliphatic rings. The van der Waals surface area contributed by atoms with Crippen molar-refractivity contribution in [1.29, 1.82) is 0 Å². The molecule has 3 unspecified atom stereocenters. The summed E-state index contributed by atoms with van der Waals surface area (Å²) < 4.78 is 0. The number of allylic oxidation sites excluding steroid dienone is 3. The van der Waals surface area contributed by atoms with Crippen molar-refractivity contribution >= 4 is 0 Å². The Kier molecular flexibility index (Phi) is 4.98. The summed E-state index contributed by atoms with van der Waals surface area (Å²) in [6, 6.07) is 0. The van der Waals surface area contributed by atoms with Gasteiger partial charge in [-0.05, 0) is 66.9 Å². The molecule has 1 heterocycles. The SMILES string of the molecule is CC1(C)C(O)NCC[C@@]2(C)C1CCC(C)(C)[C@@H]2CC1C=C(O)C=C(O)C1. The van der Waals surface area contributed by atoms with Crippen LogP contribution in [0, 0.1) is 34.0 Å². The third-order valence-electron chi connectivity index (χ3n) is 7.95. The Hall–Kier alpha value is -1.00. The van der Waals surface area contributed by atoms with Crippen molar-refractivity contribution in [1.82, 2.24) is 5.32 Å². The second kappa shape index (κ2) is 6.56. The number of aliphatic hydroxyl groups excluding tert-OH is 3. The van der Waals surface area contributed by atoms with E-state index in [4.69, 9.17) is 0 Å². The highest BCUT2D eigenvalue weighted by atomic mass is 16.3. The first-order valence-electron chi connectivity index (χ1n) is 10.2. The second-order valence-electron chi connectivity index (χ2n) is 10.5. The van der Waals surface area contributed by atoms with Gasteiger partial charge in [-0.15, -0.1) is 0 Å². The molecule has 0 radical (unpaired) electrons. The van der Waals surface area contributed by atoms with E-state index in [1.54, 1.807) is 0 Å². The summed E-state index contributed by atoms with van der Waals surface area (Å²) in [5.74, 6) is 1.56. The van der Waals surface area contributed by atoms with E-state index in [2.05, 4.69) is 39.9 Å². The molecule has 26 heavy (non-hydrogen) atoms. The van der Waals surface area contributed by atoms with Gasteiger partial charge >= 0.3 is 0 Å². The Morgan fingerprint density at radius 2 is 1.81 bits per heavy atom. The fraction of sp³-hybridized carbons (Fsp3) is 0.818. The normalized spacial score (nSPS) is 42.2. The zero-order valence-electron chi connectivity index (χ0n) is 17.0. The van der Waals surface area contributed by atoms with Crippen LogP contribution in [-0.4, -0.2) is 28.1 Å². The molecule has 0 aromatic heterocycles. The van der Waals surface area contributed by atoms with E-state index in [0.717, 1.165) is 32.2 Å². The summed E-state index contributed by atoms with van der Waals surface area (Å²) >= 11 is 0. The molecule has 3 rings (SSSR count). The quantitative estimate of drug-likeness (QED) is 0.575. The number of hydrogen-bond donors (Lipinski definition) is 4. The van der Waals surface area contributed by atoms with Crippen LogP contribution in [0.2, 0.25) is 0 Å². The highest BCUT2D eigenvalue weighted by molar-refractivity contribution is 5.21. The molecule has 2 aliphatic carbocycles. The highest BCUT2D eigenvalue weighted by Crippen LogP contribution is 2.63. The predicted octanol–water partition coefficient (Wildman–Crippen LogP) is 4.68. The molecule has 0 aromatic rings. The van der Waals surface area contributed by atoms with Crippen LogP contribution in [-0.2, 0) is 0 Å². The van der Waals surface area contributed by atoms with Crippen LogP contribution in [0.3, 0.4) is 0 Å². The summed E-state index contributed by atoms with van der Waals surface area (Å²) in [5.41, 5.74) is 0.152. The Morgan fingerprint density at radius 3 is 2.46 bits per heavy atom. The maximum atomic E-state index is 10.7. The molecule has 4 nitrogen and oxygen atoms in total. The lowest BCUT2D eigenvalue weighted by molar-refractivity contribution is -0.124. The summed E-state index contributed by atoms with van der Waals surface area (Å²) in [6.45, 7) is 12.4. The van der Waals surface area contributed by atoms with Crippen molar-refractivity contribution in [3.63, 3.8) is 0 Å². The number of aliphatic hydroxyl groups is 3. The highest BCUT2D eigenvalue weighted by Gasteiger charge is 2.57. The summed E-state index contributed by atoms with van der Waals surface area (Å²) in [5, 5.41) is 34.0. The Balaban J connectivity index is 1.94. The first-order chi connectivity index (χ1) is 12.0. The molecule has 1 saturated heterocycles. The largest absolute Gasteiger partial charge is 0.512 e. The molecule has 4 N–H and O–H groups in total. The lowest BCUT2D eigenvalue weighted by Gasteiger charge is -2.59. The van der Waals surface area contributed by atoms with Crippen LogP contribution < -0.4 is 5.32 Å². The Labute approximate surface area is 158 Å². The van der Waals surface area contributed by atoms with Gasteiger partial charge in [0.05, 0.1) is 5.76 Å². The second-order valence-corrected chi connectivity index (χ2v) is 10.5. The maximum absolute atomic E-state index is 10.7. The van der Waals surface area contributed by atoms with Crippen molar-refractivity contribution < 1.29 is 15.3 Å². The number of hydrogen-bond acceptors (Lipinski definition) is 4. The van der Waals surface area contributed by atoms with Crippen molar-refractivity contribution in [2.75, 3.05) is 6.54 Å². The van der Waals surface area contributed by atoms with Crippen molar-refractivity contribution in [2.24, 2.45) is 34.0 Å². The van der Waals surface area contributed by atoms with Gasteiger partial charge in [0.1, 0.15) is 12.0 Å². The minimum absolute atomic E-state index is 0.121. The smallest absolute Gasteiger partial charge is 0.115 e. The molecule has 5 atom stereocenters. The Morgan fingerprint density at radius 1 is 1.12 bits per heavy atom. The molecule has 0 spiro atoms. The van der Waals surface area contributed by atoms with Gasteiger partial charge in [-0.2, -0.15) is 0 Å². The number of rotatable bonds is 2. The van der Waals surface area contributed by atoms with Gasteiger partial charge < -0.3 is 15.3 Å². The summed E-state index contributed by atoms with van der Waals surface area (Å²) in [6.07, 6.45) is 7.83. The van der Waals surface area contributed by atoms with Gasteiger partial charge in [0.2, 0.25) is 0 Å². The number of fused-ring (bicyclic) bond motifs is 1.